The summed E-state index contributed by atoms with van der Waals surface area (Å²) in [6.45, 7) is 0. The van der Waals surface area contributed by atoms with Gasteiger partial charge in [-0.1, -0.05) is 35.9 Å². The highest BCUT2D eigenvalue weighted by Gasteiger charge is 2.51. The van der Waals surface area contributed by atoms with Crippen molar-refractivity contribution in [3.05, 3.63) is 64.4 Å². The van der Waals surface area contributed by atoms with Crippen LogP contribution >= 0.6 is 11.6 Å². The van der Waals surface area contributed by atoms with Crippen LogP contribution in [0.1, 0.15) is 18.4 Å². The molecule has 2 unspecified atom stereocenters. The maximum absolute atomic E-state index is 12.4. The number of nitrogens with one attached hydrogen (secondary N) is 1. The number of hydrogen-bond donors (Lipinski definition) is 3. The molecule has 0 fully saturated rings. The minimum Gasteiger partial charge on any atom is -0.508 e. The van der Waals surface area contributed by atoms with Gasteiger partial charge >= 0.3 is 0 Å². The van der Waals surface area contributed by atoms with Gasteiger partial charge in [0.2, 0.25) is 0 Å². The quantitative estimate of drug-likeness (QED) is 0.697. The highest BCUT2D eigenvalue weighted by atomic mass is 35.5. The standard InChI is InChI=1S/C17H14ClNO3/c18-10-2-3-14(20)12(8-10)17(22)11-4-7-16(5-1-6-16)9-13(11)19-15(17)21/h1-5,7-8,20,22H,6,9H2,(H,19,21). The summed E-state index contributed by atoms with van der Waals surface area (Å²) in [6, 6.07) is 4.31. The minimum absolute atomic E-state index is 0.0479. The number of amides is 1. The summed E-state index contributed by atoms with van der Waals surface area (Å²) in [5.41, 5.74) is -0.657. The second-order valence-electron chi connectivity index (χ2n) is 6.07. The van der Waals surface area contributed by atoms with Crippen LogP contribution in [0.4, 0.5) is 0 Å². The molecule has 3 N–H and O–H groups in total. The number of carbonyl (C=O) groups excluding carboxylic acids is 1. The molecule has 0 saturated carbocycles. The van der Waals surface area contributed by atoms with Gasteiger partial charge in [-0.2, -0.15) is 0 Å². The first kappa shape index (κ1) is 13.6. The maximum Gasteiger partial charge on any atom is 0.265 e. The van der Waals surface area contributed by atoms with E-state index in [9.17, 15) is 15.0 Å². The van der Waals surface area contributed by atoms with Crippen LogP contribution in [-0.2, 0) is 10.4 Å². The van der Waals surface area contributed by atoms with Gasteiger partial charge in [-0.15, -0.1) is 0 Å². The highest BCUT2D eigenvalue weighted by Crippen LogP contribution is 2.50. The molecule has 0 bridgehead atoms. The Morgan fingerprint density at radius 2 is 2.05 bits per heavy atom. The van der Waals surface area contributed by atoms with E-state index in [0.717, 1.165) is 6.42 Å². The van der Waals surface area contributed by atoms with Gasteiger partial charge in [-0.3, -0.25) is 4.79 Å². The third-order valence-corrected chi connectivity index (χ3v) is 4.93. The van der Waals surface area contributed by atoms with Crippen molar-refractivity contribution in [3.63, 3.8) is 0 Å². The van der Waals surface area contributed by atoms with Crippen LogP contribution < -0.4 is 5.32 Å². The minimum atomic E-state index is -1.91. The van der Waals surface area contributed by atoms with E-state index in [1.807, 2.05) is 6.08 Å². The van der Waals surface area contributed by atoms with Crippen molar-refractivity contribution in [2.75, 3.05) is 0 Å². The fourth-order valence-corrected chi connectivity index (χ4v) is 3.55. The summed E-state index contributed by atoms with van der Waals surface area (Å²) >= 11 is 5.96. The molecule has 2 atom stereocenters. The summed E-state index contributed by atoms with van der Waals surface area (Å²) in [5.74, 6) is -0.715. The molecule has 0 radical (unpaired) electrons. The first-order valence-electron chi connectivity index (χ1n) is 7.08. The van der Waals surface area contributed by atoms with E-state index in [4.69, 9.17) is 11.6 Å². The number of phenolic OH excluding ortho intramolecular Hbond substituents is 1. The number of aliphatic hydroxyl groups is 1. The number of hydrogen-bond acceptors (Lipinski definition) is 3. The molecule has 4 nitrogen and oxygen atoms in total. The normalized spacial score (nSPS) is 32.2. The van der Waals surface area contributed by atoms with Crippen LogP contribution in [0.15, 0.2) is 53.8 Å². The van der Waals surface area contributed by atoms with Crippen LogP contribution in [0.5, 0.6) is 5.75 Å². The molecule has 22 heavy (non-hydrogen) atoms. The molecule has 112 valence electrons. The van der Waals surface area contributed by atoms with E-state index in [0.29, 0.717) is 22.7 Å². The Kier molecular flexibility index (Phi) is 2.63. The first-order valence-corrected chi connectivity index (χ1v) is 7.46. The van der Waals surface area contributed by atoms with Gasteiger partial charge in [0.15, 0.2) is 5.60 Å². The van der Waals surface area contributed by atoms with E-state index in [2.05, 4.69) is 17.5 Å². The van der Waals surface area contributed by atoms with E-state index in [1.165, 1.54) is 18.2 Å². The third-order valence-electron chi connectivity index (χ3n) is 4.69. The lowest BCUT2D eigenvalue weighted by Gasteiger charge is -2.36. The van der Waals surface area contributed by atoms with E-state index < -0.39 is 11.5 Å². The Labute approximate surface area is 132 Å². The molecule has 1 aliphatic heterocycles. The monoisotopic (exact) mass is 315 g/mol. The van der Waals surface area contributed by atoms with Crippen LogP contribution in [-0.4, -0.2) is 16.1 Å². The van der Waals surface area contributed by atoms with Gasteiger partial charge in [0.25, 0.3) is 5.91 Å². The summed E-state index contributed by atoms with van der Waals surface area (Å²) < 4.78 is 0. The molecule has 0 saturated heterocycles. The number of aromatic hydroxyl groups is 1. The zero-order chi connectivity index (χ0) is 15.5. The zero-order valence-electron chi connectivity index (χ0n) is 11.6. The molecule has 1 aromatic carbocycles. The van der Waals surface area contributed by atoms with E-state index in [1.54, 1.807) is 6.08 Å². The van der Waals surface area contributed by atoms with Gasteiger partial charge in [-0.05, 0) is 24.6 Å². The Bertz CT molecular complexity index is 795. The largest absolute Gasteiger partial charge is 0.508 e. The molecule has 2 aliphatic carbocycles. The van der Waals surface area contributed by atoms with Crippen LogP contribution in [0.25, 0.3) is 0 Å². The van der Waals surface area contributed by atoms with Crippen molar-refractivity contribution in [2.45, 2.75) is 18.4 Å². The summed E-state index contributed by atoms with van der Waals surface area (Å²) in [7, 11) is 0. The third kappa shape index (κ3) is 1.65. The molecule has 4 rings (SSSR count). The Hall–Kier alpha value is -2.04. The van der Waals surface area contributed by atoms with Crippen LogP contribution in [0.2, 0.25) is 5.02 Å². The molecular formula is C17H14ClNO3. The topological polar surface area (TPSA) is 69.6 Å². The van der Waals surface area contributed by atoms with Gasteiger partial charge in [0.05, 0.1) is 0 Å². The lowest BCUT2D eigenvalue weighted by molar-refractivity contribution is -0.134. The van der Waals surface area contributed by atoms with Crippen molar-refractivity contribution in [3.8, 4) is 5.75 Å². The molecule has 1 amide bonds. The van der Waals surface area contributed by atoms with Crippen molar-refractivity contribution < 1.29 is 15.0 Å². The van der Waals surface area contributed by atoms with E-state index >= 15 is 0 Å². The lowest BCUT2D eigenvalue weighted by atomic mass is 9.68. The van der Waals surface area contributed by atoms with Crippen molar-refractivity contribution in [1.82, 2.24) is 5.32 Å². The number of halogens is 1. The fraction of sp³-hybridized carbons (Fsp3) is 0.235. The molecule has 1 spiro atoms. The summed E-state index contributed by atoms with van der Waals surface area (Å²) in [4.78, 5) is 12.4. The number of carbonyl (C=O) groups is 1. The number of benzene rings is 1. The first-order chi connectivity index (χ1) is 10.4. The highest BCUT2D eigenvalue weighted by molar-refractivity contribution is 6.30. The average Bonchev–Trinajstić information content (AvgIpc) is 2.71. The maximum atomic E-state index is 12.4. The SMILES string of the molecule is O=C1NC2=C(C=CC3(C=CC3)C2)C1(O)c1cc(Cl)ccc1O. The smallest absolute Gasteiger partial charge is 0.265 e. The molecule has 1 heterocycles. The Morgan fingerprint density at radius 1 is 1.27 bits per heavy atom. The molecule has 1 aromatic rings. The number of allylic oxidation sites excluding steroid dienone is 4. The van der Waals surface area contributed by atoms with Crippen molar-refractivity contribution in [1.29, 1.82) is 0 Å². The number of rotatable bonds is 1. The molecule has 5 heteroatoms. The molecular weight excluding hydrogens is 302 g/mol. The Morgan fingerprint density at radius 3 is 2.73 bits per heavy atom. The zero-order valence-corrected chi connectivity index (χ0v) is 12.4. The van der Waals surface area contributed by atoms with Crippen LogP contribution in [0.3, 0.4) is 0 Å². The number of phenols is 1. The molecule has 3 aliphatic rings. The average molecular weight is 316 g/mol. The van der Waals surface area contributed by atoms with Crippen LogP contribution in [0, 0.1) is 5.41 Å². The summed E-state index contributed by atoms with van der Waals surface area (Å²) in [5, 5.41) is 24.2. The Balaban J connectivity index is 1.84. The fourth-order valence-electron chi connectivity index (χ4n) is 3.37. The van der Waals surface area contributed by atoms with Gasteiger partial charge < -0.3 is 15.5 Å². The van der Waals surface area contributed by atoms with E-state index in [-0.39, 0.29) is 16.7 Å². The van der Waals surface area contributed by atoms with Gasteiger partial charge in [0, 0.05) is 33.7 Å². The van der Waals surface area contributed by atoms with Crippen molar-refractivity contribution >= 4 is 17.5 Å². The molecule has 0 aromatic heterocycles. The predicted octanol–water partition coefficient (Wildman–Crippen LogP) is 2.52. The second-order valence-corrected chi connectivity index (χ2v) is 6.50. The summed E-state index contributed by atoms with van der Waals surface area (Å²) in [6.07, 6.45) is 9.55. The second kappa shape index (κ2) is 4.24. The lowest BCUT2D eigenvalue weighted by Crippen LogP contribution is -2.38. The van der Waals surface area contributed by atoms with Gasteiger partial charge in [0.1, 0.15) is 5.75 Å². The predicted molar refractivity (Wildman–Crippen MR) is 82.1 cm³/mol. The van der Waals surface area contributed by atoms with Gasteiger partial charge in [-0.25, -0.2) is 0 Å². The van der Waals surface area contributed by atoms with Crippen molar-refractivity contribution in [2.24, 2.45) is 5.41 Å².